The van der Waals surface area contributed by atoms with Crippen LogP contribution in [0.5, 0.6) is 0 Å². The van der Waals surface area contributed by atoms with Crippen LogP contribution in [0.2, 0.25) is 0 Å². The van der Waals surface area contributed by atoms with Gasteiger partial charge in [-0.25, -0.2) is 0 Å². The van der Waals surface area contributed by atoms with E-state index in [1.807, 2.05) is 11.3 Å². The average Bonchev–Trinajstić information content (AvgIpc) is 2.97. The maximum absolute atomic E-state index is 4.58. The van der Waals surface area contributed by atoms with Gasteiger partial charge in [-0.05, 0) is 56.8 Å². The van der Waals surface area contributed by atoms with Gasteiger partial charge < -0.3 is 5.32 Å². The molecule has 0 bridgehead atoms. The Morgan fingerprint density at radius 1 is 1.37 bits per heavy atom. The Balaban J connectivity index is 2.39. The summed E-state index contributed by atoms with van der Waals surface area (Å²) >= 11 is 1.81. The van der Waals surface area contributed by atoms with Gasteiger partial charge in [-0.15, -0.1) is 11.3 Å². The van der Waals surface area contributed by atoms with Gasteiger partial charge in [0.25, 0.3) is 0 Å². The largest absolute Gasteiger partial charge is 0.305 e. The Morgan fingerprint density at radius 2 is 2.16 bits per heavy atom. The van der Waals surface area contributed by atoms with Crippen molar-refractivity contribution in [3.05, 3.63) is 39.3 Å². The van der Waals surface area contributed by atoms with Crippen molar-refractivity contribution in [2.24, 2.45) is 0 Å². The van der Waals surface area contributed by atoms with Gasteiger partial charge >= 0.3 is 0 Å². The fourth-order valence-electron chi connectivity index (χ4n) is 2.41. The summed E-state index contributed by atoms with van der Waals surface area (Å²) < 4.78 is 2.11. The van der Waals surface area contributed by atoms with E-state index in [4.69, 9.17) is 0 Å². The Bertz CT molecular complexity index is 527. The summed E-state index contributed by atoms with van der Waals surface area (Å²) in [6, 6.07) is 4.69. The molecule has 0 radical (unpaired) electrons. The van der Waals surface area contributed by atoms with Crippen molar-refractivity contribution in [1.82, 2.24) is 15.1 Å². The second-order valence-electron chi connectivity index (χ2n) is 4.85. The normalized spacial score (nSPS) is 12.8. The third kappa shape index (κ3) is 3.07. The summed E-state index contributed by atoms with van der Waals surface area (Å²) in [6.45, 7) is 10.5. The van der Waals surface area contributed by atoms with Crippen LogP contribution in [-0.4, -0.2) is 16.3 Å². The molecule has 2 rings (SSSR count). The number of hydrogen-bond donors (Lipinski definition) is 1. The van der Waals surface area contributed by atoms with Crippen molar-refractivity contribution in [2.45, 2.75) is 46.7 Å². The van der Waals surface area contributed by atoms with E-state index < -0.39 is 0 Å². The minimum Gasteiger partial charge on any atom is -0.305 e. The van der Waals surface area contributed by atoms with Crippen molar-refractivity contribution in [1.29, 1.82) is 0 Å². The van der Waals surface area contributed by atoms with Crippen molar-refractivity contribution >= 4 is 11.3 Å². The second-order valence-corrected chi connectivity index (χ2v) is 5.97. The third-order valence-corrected chi connectivity index (χ3v) is 4.20. The van der Waals surface area contributed by atoms with Gasteiger partial charge in [0.2, 0.25) is 0 Å². The molecule has 0 amide bonds. The standard InChI is InChI=1S/C15H23N3S/c1-5-8-16-15(13-7-9-19-12(13)4)14-10-11(3)17-18(14)6-2/h7,9-10,15-16H,5-6,8H2,1-4H3. The van der Waals surface area contributed by atoms with Crippen LogP contribution in [-0.2, 0) is 6.54 Å². The Labute approximate surface area is 119 Å². The van der Waals surface area contributed by atoms with Crippen LogP contribution in [0.3, 0.4) is 0 Å². The quantitative estimate of drug-likeness (QED) is 0.873. The molecule has 19 heavy (non-hydrogen) atoms. The highest BCUT2D eigenvalue weighted by molar-refractivity contribution is 7.10. The fourth-order valence-corrected chi connectivity index (χ4v) is 3.15. The second kappa shape index (κ2) is 6.35. The Kier molecular flexibility index (Phi) is 4.77. The van der Waals surface area contributed by atoms with Crippen LogP contribution in [0.4, 0.5) is 0 Å². The summed E-state index contributed by atoms with van der Waals surface area (Å²) in [5.41, 5.74) is 3.75. The number of nitrogens with one attached hydrogen (secondary N) is 1. The summed E-state index contributed by atoms with van der Waals surface area (Å²) in [6.07, 6.45) is 1.14. The van der Waals surface area contributed by atoms with Crippen molar-refractivity contribution < 1.29 is 0 Å². The van der Waals surface area contributed by atoms with E-state index in [0.717, 1.165) is 25.2 Å². The van der Waals surface area contributed by atoms with E-state index >= 15 is 0 Å². The maximum Gasteiger partial charge on any atom is 0.0759 e. The smallest absolute Gasteiger partial charge is 0.0759 e. The minimum absolute atomic E-state index is 0.257. The van der Waals surface area contributed by atoms with Crippen molar-refractivity contribution in [3.63, 3.8) is 0 Å². The maximum atomic E-state index is 4.58. The van der Waals surface area contributed by atoms with E-state index in [1.165, 1.54) is 16.1 Å². The zero-order valence-corrected chi connectivity index (χ0v) is 13.0. The molecule has 0 saturated heterocycles. The number of hydrogen-bond acceptors (Lipinski definition) is 3. The molecule has 1 N–H and O–H groups in total. The highest BCUT2D eigenvalue weighted by Gasteiger charge is 2.20. The van der Waals surface area contributed by atoms with Crippen molar-refractivity contribution in [3.8, 4) is 0 Å². The predicted octanol–water partition coefficient (Wildman–Crippen LogP) is 3.67. The SMILES string of the molecule is CCCNC(c1ccsc1C)c1cc(C)nn1CC. The van der Waals surface area contributed by atoms with Crippen molar-refractivity contribution in [2.75, 3.05) is 6.54 Å². The van der Waals surface area contributed by atoms with E-state index in [-0.39, 0.29) is 6.04 Å². The molecule has 3 nitrogen and oxygen atoms in total. The molecule has 0 aromatic carbocycles. The van der Waals surface area contributed by atoms with Gasteiger partial charge in [0.05, 0.1) is 17.4 Å². The number of thiophene rings is 1. The first-order chi connectivity index (χ1) is 9.17. The fraction of sp³-hybridized carbons (Fsp3) is 0.533. The molecule has 1 atom stereocenters. The van der Waals surface area contributed by atoms with Crippen LogP contribution in [0.25, 0.3) is 0 Å². The number of rotatable bonds is 6. The van der Waals surface area contributed by atoms with Gasteiger partial charge in [-0.3, -0.25) is 4.68 Å². The molecule has 0 aliphatic carbocycles. The first-order valence-electron chi connectivity index (χ1n) is 6.99. The molecule has 2 aromatic rings. The van der Waals surface area contributed by atoms with Gasteiger partial charge in [0, 0.05) is 11.4 Å². The summed E-state index contributed by atoms with van der Waals surface area (Å²) in [4.78, 5) is 1.38. The molecule has 0 saturated carbocycles. The Morgan fingerprint density at radius 3 is 2.74 bits per heavy atom. The molecule has 0 aliphatic heterocycles. The van der Waals surface area contributed by atoms with Gasteiger partial charge in [0.15, 0.2) is 0 Å². The molecule has 0 fully saturated rings. The molecule has 2 heterocycles. The summed E-state index contributed by atoms with van der Waals surface area (Å²) in [5, 5.41) is 10.4. The average molecular weight is 277 g/mol. The van der Waals surface area contributed by atoms with Crippen LogP contribution >= 0.6 is 11.3 Å². The van der Waals surface area contributed by atoms with Crippen LogP contribution in [0.15, 0.2) is 17.5 Å². The van der Waals surface area contributed by atoms with Crippen LogP contribution in [0.1, 0.15) is 48.1 Å². The van der Waals surface area contributed by atoms with E-state index in [1.54, 1.807) is 0 Å². The lowest BCUT2D eigenvalue weighted by molar-refractivity contribution is 0.528. The molecule has 2 aromatic heterocycles. The lowest BCUT2D eigenvalue weighted by Gasteiger charge is -2.20. The highest BCUT2D eigenvalue weighted by Crippen LogP contribution is 2.28. The molecule has 1 unspecified atom stereocenters. The molecule has 104 valence electrons. The first-order valence-corrected chi connectivity index (χ1v) is 7.87. The topological polar surface area (TPSA) is 29.9 Å². The van der Waals surface area contributed by atoms with Crippen LogP contribution < -0.4 is 5.32 Å². The number of aromatic nitrogens is 2. The molecule has 0 spiro atoms. The van der Waals surface area contributed by atoms with Gasteiger partial charge in [-0.1, -0.05) is 6.92 Å². The molecular formula is C15H23N3S. The van der Waals surface area contributed by atoms with Gasteiger partial charge in [0.1, 0.15) is 0 Å². The third-order valence-electron chi connectivity index (χ3n) is 3.34. The molecule has 4 heteroatoms. The van der Waals surface area contributed by atoms with E-state index in [0.29, 0.717) is 0 Å². The predicted molar refractivity (Wildman–Crippen MR) is 81.8 cm³/mol. The zero-order chi connectivity index (χ0) is 13.8. The van der Waals surface area contributed by atoms with E-state index in [9.17, 15) is 0 Å². The zero-order valence-electron chi connectivity index (χ0n) is 12.2. The summed E-state index contributed by atoms with van der Waals surface area (Å²) in [7, 11) is 0. The Hall–Kier alpha value is -1.13. The van der Waals surface area contributed by atoms with Crippen LogP contribution in [0, 0.1) is 13.8 Å². The lowest BCUT2D eigenvalue weighted by atomic mass is 10.0. The number of nitrogens with zero attached hydrogens (tertiary/aromatic N) is 2. The monoisotopic (exact) mass is 277 g/mol. The van der Waals surface area contributed by atoms with E-state index in [2.05, 4.69) is 60.3 Å². The highest BCUT2D eigenvalue weighted by atomic mass is 32.1. The summed E-state index contributed by atoms with van der Waals surface area (Å²) in [5.74, 6) is 0. The number of aryl methyl sites for hydroxylation is 3. The minimum atomic E-state index is 0.257. The lowest BCUT2D eigenvalue weighted by Crippen LogP contribution is -2.25. The molecular weight excluding hydrogens is 254 g/mol. The first kappa shape index (κ1) is 14.3. The molecule has 0 aliphatic rings. The van der Waals surface area contributed by atoms with Gasteiger partial charge in [-0.2, -0.15) is 5.10 Å².